The third-order valence-corrected chi connectivity index (χ3v) is 10.7. The zero-order valence-electron chi connectivity index (χ0n) is 22.5. The first-order valence-electron chi connectivity index (χ1n) is 12.7. The Labute approximate surface area is 265 Å². The van der Waals surface area contributed by atoms with Gasteiger partial charge in [-0.25, -0.2) is 4.57 Å². The smallest absolute Gasteiger partial charge is 0.411 e. The minimum atomic E-state index is -4.85. The van der Waals surface area contributed by atoms with Gasteiger partial charge in [-0.15, -0.1) is 0 Å². The Balaban J connectivity index is 1.36. The molecule has 10 heteroatoms. The van der Waals surface area contributed by atoms with E-state index >= 15 is 0 Å². The SMILES string of the molecule is Cc1cccc(CSCc2ccc(OP(=O)(Oc3ccc(CSCc4cccc(C)c4)cc3Br)C(F)F)c(Br)c2)c1. The molecule has 0 aliphatic heterocycles. The Hall–Kier alpha value is -1.77. The normalized spacial score (nSPS) is 11.6. The summed E-state index contributed by atoms with van der Waals surface area (Å²) in [6.45, 7) is 4.13. The fourth-order valence-electron chi connectivity index (χ4n) is 3.97. The molecule has 4 aromatic rings. The van der Waals surface area contributed by atoms with Crippen molar-refractivity contribution in [2.75, 3.05) is 0 Å². The van der Waals surface area contributed by atoms with E-state index in [4.69, 9.17) is 9.05 Å². The van der Waals surface area contributed by atoms with Crippen LogP contribution in [0.1, 0.15) is 33.4 Å². The second-order valence-electron chi connectivity index (χ2n) is 9.49. The van der Waals surface area contributed by atoms with Crippen molar-refractivity contribution in [3.8, 4) is 11.5 Å². The van der Waals surface area contributed by atoms with Crippen LogP contribution in [0.5, 0.6) is 11.5 Å². The third-order valence-electron chi connectivity index (χ3n) is 5.92. The molecule has 0 amide bonds. The molecule has 4 rings (SSSR count). The van der Waals surface area contributed by atoms with E-state index in [0.717, 1.165) is 34.1 Å². The predicted molar refractivity (Wildman–Crippen MR) is 176 cm³/mol. The van der Waals surface area contributed by atoms with Crippen LogP contribution in [0.15, 0.2) is 93.9 Å². The van der Waals surface area contributed by atoms with Crippen LogP contribution in [-0.2, 0) is 27.6 Å². The van der Waals surface area contributed by atoms with Gasteiger partial charge < -0.3 is 9.05 Å². The highest BCUT2D eigenvalue weighted by atomic mass is 79.9. The van der Waals surface area contributed by atoms with Gasteiger partial charge in [0.15, 0.2) is 0 Å². The van der Waals surface area contributed by atoms with E-state index in [1.54, 1.807) is 47.8 Å². The molecule has 0 aromatic heterocycles. The fourth-order valence-corrected chi connectivity index (χ4v) is 8.16. The molecule has 4 aromatic carbocycles. The summed E-state index contributed by atoms with van der Waals surface area (Å²) in [7, 11) is -4.85. The predicted octanol–water partition coefficient (Wildman–Crippen LogP) is 11.6. The van der Waals surface area contributed by atoms with E-state index in [-0.39, 0.29) is 11.5 Å². The molecule has 41 heavy (non-hydrogen) atoms. The van der Waals surface area contributed by atoms with Crippen LogP contribution in [0.2, 0.25) is 0 Å². The number of hydrogen-bond donors (Lipinski definition) is 0. The van der Waals surface area contributed by atoms with Gasteiger partial charge in [-0.3, -0.25) is 0 Å². The van der Waals surface area contributed by atoms with Crippen molar-refractivity contribution < 1.29 is 22.4 Å². The van der Waals surface area contributed by atoms with E-state index in [2.05, 4.69) is 82.1 Å². The van der Waals surface area contributed by atoms with E-state index in [0.29, 0.717) is 8.95 Å². The van der Waals surface area contributed by atoms with Gasteiger partial charge in [-0.2, -0.15) is 32.3 Å². The number of benzene rings is 4. The first-order valence-corrected chi connectivity index (χ1v) is 18.2. The number of hydrogen-bond acceptors (Lipinski definition) is 5. The van der Waals surface area contributed by atoms with Crippen LogP contribution in [-0.4, -0.2) is 6.17 Å². The zero-order valence-corrected chi connectivity index (χ0v) is 28.2. The molecular formula is C31H29Br2F2O3PS2. The van der Waals surface area contributed by atoms with Gasteiger partial charge in [-0.05, 0) is 92.2 Å². The van der Waals surface area contributed by atoms with Crippen molar-refractivity contribution >= 4 is 63.0 Å². The van der Waals surface area contributed by atoms with Crippen LogP contribution in [0.3, 0.4) is 0 Å². The van der Waals surface area contributed by atoms with Crippen molar-refractivity contribution in [1.82, 2.24) is 0 Å². The Bertz CT molecular complexity index is 1430. The minimum Gasteiger partial charge on any atom is -0.411 e. The number of aryl methyl sites for hydroxylation is 2. The first-order chi connectivity index (χ1) is 19.6. The van der Waals surface area contributed by atoms with Gasteiger partial charge >= 0.3 is 13.8 Å². The Morgan fingerprint density at radius 3 is 1.39 bits per heavy atom. The van der Waals surface area contributed by atoms with Gasteiger partial charge in [-0.1, -0.05) is 71.8 Å². The summed E-state index contributed by atoms with van der Waals surface area (Å²) in [6, 6.07) is 26.9. The standard InChI is InChI=1S/C31H29Br2F2O3PS2/c1-21-5-3-7-23(13-21)17-40-19-25-9-11-29(27(32)15-25)37-39(36,31(34)35)38-30-12-10-26(16-28(30)33)20-41-18-24-8-4-6-22(2)14-24/h3-16,31H,17-20H2,1-2H3. The molecule has 0 aliphatic carbocycles. The highest BCUT2D eigenvalue weighted by Crippen LogP contribution is 2.56. The first kappa shape index (κ1) is 32.2. The van der Waals surface area contributed by atoms with Gasteiger partial charge in [0.25, 0.3) is 0 Å². The lowest BCUT2D eigenvalue weighted by Crippen LogP contribution is -2.09. The van der Waals surface area contributed by atoms with Crippen molar-refractivity contribution in [2.45, 2.75) is 43.0 Å². The van der Waals surface area contributed by atoms with Gasteiger partial charge in [0.05, 0.1) is 8.95 Å². The van der Waals surface area contributed by atoms with Crippen molar-refractivity contribution in [2.24, 2.45) is 0 Å². The van der Waals surface area contributed by atoms with E-state index in [9.17, 15) is 13.3 Å². The average Bonchev–Trinajstić information content (AvgIpc) is 2.92. The maximum absolute atomic E-state index is 14.0. The van der Waals surface area contributed by atoms with Crippen molar-refractivity contribution in [3.63, 3.8) is 0 Å². The topological polar surface area (TPSA) is 35.5 Å². The summed E-state index contributed by atoms with van der Waals surface area (Å²) in [5, 5.41) is 0. The average molecular weight is 742 g/mol. The number of thioether (sulfide) groups is 2. The molecule has 0 radical (unpaired) electrons. The molecular weight excluding hydrogens is 713 g/mol. The van der Waals surface area contributed by atoms with E-state index < -0.39 is 13.8 Å². The number of alkyl halides is 2. The molecule has 0 bridgehead atoms. The summed E-state index contributed by atoms with van der Waals surface area (Å²) in [6.07, 6.45) is -3.34. The van der Waals surface area contributed by atoms with Crippen LogP contribution in [0, 0.1) is 13.8 Å². The number of halogens is 4. The lowest BCUT2D eigenvalue weighted by Gasteiger charge is -2.21. The Kier molecular flexibility index (Phi) is 11.8. The summed E-state index contributed by atoms with van der Waals surface area (Å²) >= 11 is 10.2. The molecule has 0 saturated carbocycles. The molecule has 0 spiro atoms. The van der Waals surface area contributed by atoms with Crippen LogP contribution in [0.25, 0.3) is 0 Å². The summed E-state index contributed by atoms with van der Waals surface area (Å²) in [4.78, 5) is 0. The largest absolute Gasteiger partial charge is 0.497 e. The quantitative estimate of drug-likeness (QED) is 0.128. The number of rotatable bonds is 13. The molecule has 0 N–H and O–H groups in total. The zero-order chi connectivity index (χ0) is 29.4. The van der Waals surface area contributed by atoms with Crippen molar-refractivity contribution in [3.05, 3.63) is 127 Å². The molecule has 0 heterocycles. The van der Waals surface area contributed by atoms with Gasteiger partial charge in [0.2, 0.25) is 0 Å². The highest BCUT2D eigenvalue weighted by molar-refractivity contribution is 9.11. The molecule has 3 nitrogen and oxygen atoms in total. The second-order valence-corrected chi connectivity index (χ2v) is 15.0. The summed E-state index contributed by atoms with van der Waals surface area (Å²) < 4.78 is 52.8. The van der Waals surface area contributed by atoms with Crippen LogP contribution in [0.4, 0.5) is 8.78 Å². The maximum Gasteiger partial charge on any atom is 0.497 e. The highest BCUT2D eigenvalue weighted by Gasteiger charge is 2.41. The third kappa shape index (κ3) is 9.62. The van der Waals surface area contributed by atoms with Gasteiger partial charge in [0, 0.05) is 23.0 Å². The van der Waals surface area contributed by atoms with E-state index in [1.165, 1.54) is 34.4 Å². The monoisotopic (exact) mass is 740 g/mol. The van der Waals surface area contributed by atoms with Gasteiger partial charge in [0.1, 0.15) is 11.5 Å². The van der Waals surface area contributed by atoms with Crippen molar-refractivity contribution in [1.29, 1.82) is 0 Å². The molecule has 0 aliphatic rings. The summed E-state index contributed by atoms with van der Waals surface area (Å²) in [5.41, 5.74) is 6.87. The fraction of sp³-hybridized carbons (Fsp3) is 0.226. The molecule has 0 unspecified atom stereocenters. The Morgan fingerprint density at radius 1 is 0.659 bits per heavy atom. The lowest BCUT2D eigenvalue weighted by molar-refractivity contribution is 0.191. The minimum absolute atomic E-state index is 0.0290. The second kappa shape index (κ2) is 15.1. The molecule has 0 atom stereocenters. The lowest BCUT2D eigenvalue weighted by atomic mass is 10.2. The van der Waals surface area contributed by atoms with E-state index in [1.807, 2.05) is 12.1 Å². The van der Waals surface area contributed by atoms with Crippen LogP contribution >= 0.6 is 63.0 Å². The molecule has 0 fully saturated rings. The summed E-state index contributed by atoms with van der Waals surface area (Å²) in [5.74, 6) is 3.20. The Morgan fingerprint density at radius 2 is 1.05 bits per heavy atom. The molecule has 0 saturated heterocycles. The van der Waals surface area contributed by atoms with Crippen LogP contribution < -0.4 is 9.05 Å². The molecule has 216 valence electrons. The maximum atomic E-state index is 14.0.